The van der Waals surface area contributed by atoms with Crippen LogP contribution in [0.25, 0.3) is 10.9 Å². The van der Waals surface area contributed by atoms with E-state index in [1.165, 1.54) is 0 Å². The van der Waals surface area contributed by atoms with Gasteiger partial charge in [0.25, 0.3) is 0 Å². The number of fused-ring (bicyclic) bond motifs is 1. The molecule has 0 bridgehead atoms. The molecule has 1 atom stereocenters. The van der Waals surface area contributed by atoms with Crippen molar-refractivity contribution < 1.29 is 0 Å². The van der Waals surface area contributed by atoms with E-state index in [4.69, 9.17) is 5.84 Å². The minimum Gasteiger partial charge on any atom is -0.271 e. The first-order valence-electron chi connectivity index (χ1n) is 5.57. The maximum Gasteiger partial charge on any atom is 0.0818 e. The maximum atomic E-state index is 5.65. The van der Waals surface area contributed by atoms with Crippen molar-refractivity contribution in [3.05, 3.63) is 58.7 Å². The van der Waals surface area contributed by atoms with Crippen LogP contribution < -0.4 is 11.3 Å². The number of hydrazine groups is 1. The fraction of sp³-hybridized carbons (Fsp3) is 0.0769. The Kier molecular flexibility index (Phi) is 3.02. The highest BCUT2D eigenvalue weighted by molar-refractivity contribution is 7.09. The predicted molar refractivity (Wildman–Crippen MR) is 73.0 cm³/mol. The van der Waals surface area contributed by atoms with Crippen molar-refractivity contribution in [1.29, 1.82) is 0 Å². The van der Waals surface area contributed by atoms with Gasteiger partial charge in [0, 0.05) is 22.7 Å². The molecule has 0 aliphatic heterocycles. The minimum atomic E-state index is -0.0258. The van der Waals surface area contributed by atoms with Crippen LogP contribution in [0.15, 0.2) is 48.2 Å². The van der Waals surface area contributed by atoms with Gasteiger partial charge in [0.15, 0.2) is 0 Å². The Balaban J connectivity index is 2.07. The van der Waals surface area contributed by atoms with Crippen LogP contribution in [-0.2, 0) is 0 Å². The number of aromatic nitrogens is 2. The first-order chi connectivity index (χ1) is 8.88. The summed E-state index contributed by atoms with van der Waals surface area (Å²) in [6.45, 7) is 0. The number of thiazole rings is 1. The highest BCUT2D eigenvalue weighted by Gasteiger charge is 2.14. The molecule has 2 heterocycles. The van der Waals surface area contributed by atoms with Gasteiger partial charge < -0.3 is 0 Å². The zero-order chi connectivity index (χ0) is 12.4. The molecule has 1 aromatic carbocycles. The molecule has 0 spiro atoms. The zero-order valence-corrected chi connectivity index (χ0v) is 10.4. The van der Waals surface area contributed by atoms with Crippen molar-refractivity contribution >= 4 is 22.2 Å². The Morgan fingerprint density at radius 2 is 2.22 bits per heavy atom. The quantitative estimate of drug-likeness (QED) is 0.557. The normalized spacial score (nSPS) is 12.7. The van der Waals surface area contributed by atoms with E-state index in [-0.39, 0.29) is 6.04 Å². The van der Waals surface area contributed by atoms with Crippen molar-refractivity contribution in [3.8, 4) is 0 Å². The number of hydrogen-bond acceptors (Lipinski definition) is 5. The average molecular weight is 256 g/mol. The van der Waals surface area contributed by atoms with Crippen molar-refractivity contribution in [2.24, 2.45) is 5.84 Å². The van der Waals surface area contributed by atoms with Crippen LogP contribution in [0.2, 0.25) is 0 Å². The molecule has 3 N–H and O–H groups in total. The number of nitrogens with two attached hydrogens (primary N) is 1. The Labute approximate surface area is 108 Å². The topological polar surface area (TPSA) is 63.8 Å². The van der Waals surface area contributed by atoms with Crippen molar-refractivity contribution in [3.63, 3.8) is 0 Å². The van der Waals surface area contributed by atoms with E-state index in [2.05, 4.69) is 21.5 Å². The SMILES string of the molecule is NNC(c1ccc2ncccc2c1)c1cncs1. The van der Waals surface area contributed by atoms with Gasteiger partial charge in [-0.25, -0.2) is 5.43 Å². The summed E-state index contributed by atoms with van der Waals surface area (Å²) in [5.41, 5.74) is 6.74. The van der Waals surface area contributed by atoms with E-state index in [9.17, 15) is 0 Å². The lowest BCUT2D eigenvalue weighted by atomic mass is 10.0. The fourth-order valence-electron chi connectivity index (χ4n) is 1.98. The van der Waals surface area contributed by atoms with Crippen LogP contribution >= 0.6 is 11.3 Å². The summed E-state index contributed by atoms with van der Waals surface area (Å²) < 4.78 is 0. The molecule has 4 nitrogen and oxygen atoms in total. The van der Waals surface area contributed by atoms with E-state index in [1.54, 1.807) is 17.5 Å². The van der Waals surface area contributed by atoms with Crippen molar-refractivity contribution in [2.45, 2.75) is 6.04 Å². The van der Waals surface area contributed by atoms with E-state index in [1.807, 2.05) is 36.0 Å². The second-order valence-electron chi connectivity index (χ2n) is 3.96. The van der Waals surface area contributed by atoms with Crippen LogP contribution in [0.1, 0.15) is 16.5 Å². The third-order valence-corrected chi connectivity index (χ3v) is 3.70. The molecule has 3 rings (SSSR count). The number of pyridine rings is 1. The van der Waals surface area contributed by atoms with E-state index in [0.29, 0.717) is 0 Å². The smallest absolute Gasteiger partial charge is 0.0818 e. The molecule has 2 aromatic heterocycles. The Morgan fingerprint density at radius 1 is 1.28 bits per heavy atom. The summed E-state index contributed by atoms with van der Waals surface area (Å²) in [6.07, 6.45) is 3.63. The van der Waals surface area contributed by atoms with Gasteiger partial charge >= 0.3 is 0 Å². The first-order valence-corrected chi connectivity index (χ1v) is 6.45. The van der Waals surface area contributed by atoms with Gasteiger partial charge in [0.2, 0.25) is 0 Å². The molecule has 0 saturated carbocycles. The van der Waals surface area contributed by atoms with Crippen LogP contribution in [0.4, 0.5) is 0 Å². The van der Waals surface area contributed by atoms with E-state index >= 15 is 0 Å². The second-order valence-corrected chi connectivity index (χ2v) is 4.88. The molecule has 0 saturated heterocycles. The van der Waals surface area contributed by atoms with Gasteiger partial charge in [-0.1, -0.05) is 12.1 Å². The summed E-state index contributed by atoms with van der Waals surface area (Å²) in [5.74, 6) is 5.65. The second kappa shape index (κ2) is 4.81. The van der Waals surface area contributed by atoms with Gasteiger partial charge in [-0.2, -0.15) is 0 Å². The number of rotatable bonds is 3. The molecule has 5 heteroatoms. The Morgan fingerprint density at radius 3 is 3.00 bits per heavy atom. The predicted octanol–water partition coefficient (Wildman–Crippen LogP) is 2.24. The molecule has 1 unspecified atom stereocenters. The molecule has 0 aliphatic rings. The van der Waals surface area contributed by atoms with Gasteiger partial charge in [-0.15, -0.1) is 11.3 Å². The summed E-state index contributed by atoms with van der Waals surface area (Å²) in [4.78, 5) is 9.50. The van der Waals surface area contributed by atoms with Crippen molar-refractivity contribution in [1.82, 2.24) is 15.4 Å². The standard InChI is InChI=1S/C13H12N4S/c14-17-13(12-7-15-8-18-12)10-3-4-11-9(6-10)2-1-5-16-11/h1-8,13,17H,14H2. The summed E-state index contributed by atoms with van der Waals surface area (Å²) in [5, 5.41) is 1.11. The number of nitrogens with one attached hydrogen (secondary N) is 1. The number of benzene rings is 1. The first kappa shape index (κ1) is 11.3. The van der Waals surface area contributed by atoms with Gasteiger partial charge in [-0.3, -0.25) is 15.8 Å². The summed E-state index contributed by atoms with van der Waals surface area (Å²) in [7, 11) is 0. The molecule has 18 heavy (non-hydrogen) atoms. The Bertz CT molecular complexity index is 651. The monoisotopic (exact) mass is 256 g/mol. The highest BCUT2D eigenvalue weighted by Crippen LogP contribution is 2.26. The minimum absolute atomic E-state index is 0.0258. The average Bonchev–Trinajstić information content (AvgIpc) is 2.93. The number of hydrogen-bond donors (Lipinski definition) is 2. The van der Waals surface area contributed by atoms with Gasteiger partial charge in [0.05, 0.1) is 17.1 Å². The zero-order valence-electron chi connectivity index (χ0n) is 9.58. The molecular weight excluding hydrogens is 244 g/mol. The van der Waals surface area contributed by atoms with Crippen LogP contribution in [0, 0.1) is 0 Å². The van der Waals surface area contributed by atoms with E-state index in [0.717, 1.165) is 21.3 Å². The van der Waals surface area contributed by atoms with Crippen LogP contribution in [0.5, 0.6) is 0 Å². The molecular formula is C13H12N4S. The fourth-order valence-corrected chi connectivity index (χ4v) is 2.69. The van der Waals surface area contributed by atoms with Crippen LogP contribution in [-0.4, -0.2) is 9.97 Å². The summed E-state index contributed by atoms with van der Waals surface area (Å²) in [6, 6.07) is 10.1. The lowest BCUT2D eigenvalue weighted by Gasteiger charge is -2.14. The molecule has 0 aliphatic carbocycles. The van der Waals surface area contributed by atoms with E-state index < -0.39 is 0 Å². The molecule has 0 amide bonds. The lowest BCUT2D eigenvalue weighted by Crippen LogP contribution is -2.28. The van der Waals surface area contributed by atoms with Crippen molar-refractivity contribution in [2.75, 3.05) is 0 Å². The van der Waals surface area contributed by atoms with Crippen LogP contribution in [0.3, 0.4) is 0 Å². The molecule has 3 aromatic rings. The molecule has 0 fully saturated rings. The van der Waals surface area contributed by atoms with Gasteiger partial charge in [-0.05, 0) is 23.8 Å². The largest absolute Gasteiger partial charge is 0.271 e. The highest BCUT2D eigenvalue weighted by atomic mass is 32.1. The third-order valence-electron chi connectivity index (χ3n) is 2.86. The van der Waals surface area contributed by atoms with Gasteiger partial charge in [0.1, 0.15) is 0 Å². The molecule has 90 valence electrons. The Hall–Kier alpha value is -1.82. The summed E-state index contributed by atoms with van der Waals surface area (Å²) >= 11 is 1.59. The third kappa shape index (κ3) is 1.99. The maximum absolute atomic E-state index is 5.65. The number of nitrogens with zero attached hydrogens (tertiary/aromatic N) is 2. The molecule has 0 radical (unpaired) electrons. The lowest BCUT2D eigenvalue weighted by molar-refractivity contribution is 0.646.